The molecular weight excluding hydrogens is 473 g/mol. The number of carbonyl (C=O) groups excluding carboxylic acids is 2. The number of hydrogen-bond acceptors (Lipinski definition) is 5. The van der Waals surface area contributed by atoms with Gasteiger partial charge in [-0.15, -0.1) is 0 Å². The molecule has 3 aromatic rings. The fourth-order valence-corrected chi connectivity index (χ4v) is 4.23. The molecule has 1 aromatic carbocycles. The fraction of sp³-hybridized carbons (Fsp3) is 0.280. The third kappa shape index (κ3) is 6.24. The molecule has 0 saturated carbocycles. The Kier molecular flexibility index (Phi) is 7.98. The molecule has 7 nitrogen and oxygen atoms in total. The normalized spacial score (nSPS) is 13.6. The average Bonchev–Trinajstić information content (AvgIpc) is 2.85. The first-order chi connectivity index (χ1) is 16.5. The summed E-state index contributed by atoms with van der Waals surface area (Å²) in [5, 5.41) is 3.97. The van der Waals surface area contributed by atoms with Crippen molar-refractivity contribution in [3.05, 3.63) is 87.8 Å². The molecule has 3 heterocycles. The van der Waals surface area contributed by atoms with Gasteiger partial charge in [-0.25, -0.2) is 9.97 Å². The molecule has 1 saturated heterocycles. The molecule has 1 aliphatic rings. The Bertz CT molecular complexity index is 1150. The quantitative estimate of drug-likeness (QED) is 0.504. The Balaban J connectivity index is 1.24. The Morgan fingerprint density at radius 2 is 1.79 bits per heavy atom. The fourth-order valence-electron chi connectivity index (χ4n) is 3.83. The van der Waals surface area contributed by atoms with E-state index < -0.39 is 0 Å². The highest BCUT2D eigenvalue weighted by Crippen LogP contribution is 2.17. The van der Waals surface area contributed by atoms with Crippen LogP contribution in [-0.4, -0.2) is 59.4 Å². The van der Waals surface area contributed by atoms with Crippen LogP contribution in [0.5, 0.6) is 0 Å². The standard InChI is InChI=1S/C25H25Cl2N5O2/c26-21-5-1-3-18(15-21)8-10-29-25(34)20-6-7-22(30-17-20)31-11-13-32(14-12-31)23(33)16-19-4-2-9-28-24(19)27/h1-7,9,15,17H,8,10-14,16H2,(H,29,34). The van der Waals surface area contributed by atoms with Gasteiger partial charge in [0.1, 0.15) is 11.0 Å². The second kappa shape index (κ2) is 11.3. The molecule has 34 heavy (non-hydrogen) atoms. The van der Waals surface area contributed by atoms with Crippen molar-refractivity contribution in [2.24, 2.45) is 0 Å². The van der Waals surface area contributed by atoms with Crippen LogP contribution in [0.15, 0.2) is 60.9 Å². The summed E-state index contributed by atoms with van der Waals surface area (Å²) in [7, 11) is 0. The van der Waals surface area contributed by atoms with Crippen LogP contribution in [0, 0.1) is 0 Å². The molecule has 9 heteroatoms. The number of pyridine rings is 2. The lowest BCUT2D eigenvalue weighted by atomic mass is 10.1. The van der Waals surface area contributed by atoms with Gasteiger partial charge in [0, 0.05) is 50.1 Å². The topological polar surface area (TPSA) is 78.4 Å². The zero-order chi connectivity index (χ0) is 23.9. The minimum atomic E-state index is -0.162. The second-order valence-corrected chi connectivity index (χ2v) is 8.83. The molecule has 1 N–H and O–H groups in total. The highest BCUT2D eigenvalue weighted by molar-refractivity contribution is 6.30. The number of piperazine rings is 1. The molecule has 176 valence electrons. The van der Waals surface area contributed by atoms with Crippen molar-refractivity contribution >= 4 is 40.8 Å². The van der Waals surface area contributed by atoms with Gasteiger partial charge in [0.2, 0.25) is 5.91 Å². The summed E-state index contributed by atoms with van der Waals surface area (Å²) in [6, 6.07) is 14.8. The summed E-state index contributed by atoms with van der Waals surface area (Å²) in [6.07, 6.45) is 4.14. The number of amides is 2. The van der Waals surface area contributed by atoms with Crippen molar-refractivity contribution in [3.8, 4) is 0 Å². The summed E-state index contributed by atoms with van der Waals surface area (Å²) in [6.45, 7) is 3.06. The highest BCUT2D eigenvalue weighted by atomic mass is 35.5. The SMILES string of the molecule is O=C(NCCc1cccc(Cl)c1)c1ccc(N2CCN(C(=O)Cc3cccnc3Cl)CC2)nc1. The average molecular weight is 498 g/mol. The first-order valence-electron chi connectivity index (χ1n) is 11.1. The first-order valence-corrected chi connectivity index (χ1v) is 11.9. The molecule has 0 spiro atoms. The van der Waals surface area contributed by atoms with Gasteiger partial charge in [0.15, 0.2) is 0 Å². The van der Waals surface area contributed by atoms with Gasteiger partial charge < -0.3 is 15.1 Å². The van der Waals surface area contributed by atoms with Gasteiger partial charge in [-0.2, -0.15) is 0 Å². The smallest absolute Gasteiger partial charge is 0.252 e. The number of nitrogens with one attached hydrogen (secondary N) is 1. The molecule has 2 amide bonds. The molecule has 4 rings (SSSR count). The van der Waals surface area contributed by atoms with Gasteiger partial charge in [-0.05, 0) is 47.9 Å². The Labute approximate surface area is 208 Å². The van der Waals surface area contributed by atoms with Crippen LogP contribution >= 0.6 is 23.2 Å². The Morgan fingerprint density at radius 3 is 2.50 bits per heavy atom. The summed E-state index contributed by atoms with van der Waals surface area (Å²) in [5.74, 6) is 0.663. The minimum absolute atomic E-state index is 0.0345. The van der Waals surface area contributed by atoms with E-state index in [1.807, 2.05) is 41.3 Å². The molecule has 0 atom stereocenters. The summed E-state index contributed by atoms with van der Waals surface area (Å²) >= 11 is 12.1. The van der Waals surface area contributed by atoms with Gasteiger partial charge >= 0.3 is 0 Å². The number of hydrogen-bond donors (Lipinski definition) is 1. The van der Waals surface area contributed by atoms with Crippen molar-refractivity contribution in [2.45, 2.75) is 12.8 Å². The van der Waals surface area contributed by atoms with Crippen LogP contribution in [-0.2, 0) is 17.6 Å². The van der Waals surface area contributed by atoms with E-state index in [0.29, 0.717) is 54.9 Å². The maximum absolute atomic E-state index is 12.6. The van der Waals surface area contributed by atoms with Gasteiger partial charge in [0.05, 0.1) is 12.0 Å². The highest BCUT2D eigenvalue weighted by Gasteiger charge is 2.22. The van der Waals surface area contributed by atoms with Crippen LogP contribution in [0.4, 0.5) is 5.82 Å². The van der Waals surface area contributed by atoms with Crippen molar-refractivity contribution in [1.82, 2.24) is 20.2 Å². The molecule has 0 aliphatic carbocycles. The predicted octanol–water partition coefficient (Wildman–Crippen LogP) is 3.65. The third-order valence-electron chi connectivity index (χ3n) is 5.73. The number of aromatic nitrogens is 2. The molecule has 2 aromatic heterocycles. The lowest BCUT2D eigenvalue weighted by Gasteiger charge is -2.35. The van der Waals surface area contributed by atoms with E-state index in [4.69, 9.17) is 23.2 Å². The maximum atomic E-state index is 12.6. The number of halogens is 2. The van der Waals surface area contributed by atoms with Gasteiger partial charge in [-0.3, -0.25) is 9.59 Å². The van der Waals surface area contributed by atoms with E-state index in [0.717, 1.165) is 16.9 Å². The molecule has 0 radical (unpaired) electrons. The van der Waals surface area contributed by atoms with E-state index in [1.165, 1.54) is 0 Å². The van der Waals surface area contributed by atoms with E-state index in [1.54, 1.807) is 24.5 Å². The van der Waals surface area contributed by atoms with Crippen molar-refractivity contribution in [2.75, 3.05) is 37.6 Å². The van der Waals surface area contributed by atoms with Crippen LogP contribution in [0.1, 0.15) is 21.5 Å². The summed E-state index contributed by atoms with van der Waals surface area (Å²) < 4.78 is 0. The lowest BCUT2D eigenvalue weighted by molar-refractivity contribution is -0.130. The minimum Gasteiger partial charge on any atom is -0.353 e. The lowest BCUT2D eigenvalue weighted by Crippen LogP contribution is -2.49. The van der Waals surface area contributed by atoms with Gasteiger partial charge in [-0.1, -0.05) is 41.4 Å². The van der Waals surface area contributed by atoms with E-state index >= 15 is 0 Å². The van der Waals surface area contributed by atoms with Crippen LogP contribution < -0.4 is 10.2 Å². The Morgan fingerprint density at radius 1 is 0.971 bits per heavy atom. The van der Waals surface area contributed by atoms with E-state index in [2.05, 4.69) is 20.2 Å². The molecule has 0 unspecified atom stereocenters. The zero-order valence-electron chi connectivity index (χ0n) is 18.6. The third-order valence-corrected chi connectivity index (χ3v) is 6.31. The maximum Gasteiger partial charge on any atom is 0.252 e. The molecule has 0 bridgehead atoms. The number of rotatable bonds is 7. The number of nitrogens with zero attached hydrogens (tertiary/aromatic N) is 4. The summed E-state index contributed by atoms with van der Waals surface area (Å²) in [5.41, 5.74) is 2.32. The number of carbonyl (C=O) groups is 2. The second-order valence-electron chi connectivity index (χ2n) is 8.04. The van der Waals surface area contributed by atoms with E-state index in [9.17, 15) is 9.59 Å². The summed E-state index contributed by atoms with van der Waals surface area (Å²) in [4.78, 5) is 37.5. The van der Waals surface area contributed by atoms with Crippen LogP contribution in [0.25, 0.3) is 0 Å². The molecule has 1 fully saturated rings. The van der Waals surface area contributed by atoms with Crippen molar-refractivity contribution in [3.63, 3.8) is 0 Å². The van der Waals surface area contributed by atoms with E-state index in [-0.39, 0.29) is 18.2 Å². The number of anilines is 1. The predicted molar refractivity (Wildman–Crippen MR) is 133 cm³/mol. The van der Waals surface area contributed by atoms with Crippen LogP contribution in [0.2, 0.25) is 10.2 Å². The monoisotopic (exact) mass is 497 g/mol. The Hall–Kier alpha value is -3.16. The zero-order valence-corrected chi connectivity index (χ0v) is 20.1. The van der Waals surface area contributed by atoms with Crippen LogP contribution in [0.3, 0.4) is 0 Å². The molecule has 1 aliphatic heterocycles. The van der Waals surface area contributed by atoms with Crippen molar-refractivity contribution in [1.29, 1.82) is 0 Å². The number of benzene rings is 1. The largest absolute Gasteiger partial charge is 0.353 e. The molecular formula is C25H25Cl2N5O2. The van der Waals surface area contributed by atoms with Crippen molar-refractivity contribution < 1.29 is 9.59 Å². The first kappa shape index (κ1) is 24.0. The van der Waals surface area contributed by atoms with Gasteiger partial charge in [0.25, 0.3) is 5.91 Å².